The molecule has 1 saturated heterocycles. The number of rotatable bonds is 2. The number of benzene rings is 1. The van der Waals surface area contributed by atoms with Crippen LogP contribution in [0.3, 0.4) is 0 Å². The lowest BCUT2D eigenvalue weighted by Crippen LogP contribution is -2.43. The molecule has 2 N–H and O–H groups in total. The number of carbonyl (C=O) groups excluding carboxylic acids is 2. The van der Waals surface area contributed by atoms with Crippen LogP contribution in [0.1, 0.15) is 6.42 Å². The Morgan fingerprint density at radius 3 is 2.14 bits per heavy atom. The van der Waals surface area contributed by atoms with Crippen molar-refractivity contribution in [3.8, 4) is 5.75 Å². The standard InChI is InChI=1S/C16H17NO5/c1-22-10-5-3-2-4-9(10)17-15(20)11-7-6-8(12(11)16(17)21)14(19)13(7)18/h2-5,7-8,11-14,18-19H,6H2,1H3/t7-,8+,11-,12-,13-,14+/m1/s1. The van der Waals surface area contributed by atoms with Gasteiger partial charge in [-0.3, -0.25) is 9.59 Å². The highest BCUT2D eigenvalue weighted by molar-refractivity contribution is 6.23. The quantitative estimate of drug-likeness (QED) is 0.761. The molecular formula is C16H17NO5. The summed E-state index contributed by atoms with van der Waals surface area (Å²) in [6.07, 6.45) is -1.30. The molecule has 22 heavy (non-hydrogen) atoms. The number of aliphatic hydroxyl groups is 2. The van der Waals surface area contributed by atoms with Crippen molar-refractivity contribution in [1.29, 1.82) is 0 Å². The van der Waals surface area contributed by atoms with Crippen LogP contribution in [-0.4, -0.2) is 41.3 Å². The second kappa shape index (κ2) is 4.54. The second-order valence-corrected chi connectivity index (χ2v) is 6.28. The molecule has 2 bridgehead atoms. The van der Waals surface area contributed by atoms with Gasteiger partial charge in [0.1, 0.15) is 5.75 Å². The number of anilines is 1. The number of methoxy groups -OCH3 is 1. The molecule has 0 aromatic heterocycles. The highest BCUT2D eigenvalue weighted by Crippen LogP contribution is 2.57. The zero-order valence-electron chi connectivity index (χ0n) is 12.0. The highest BCUT2D eigenvalue weighted by atomic mass is 16.5. The van der Waals surface area contributed by atoms with E-state index in [1.165, 1.54) is 7.11 Å². The molecule has 0 unspecified atom stereocenters. The zero-order valence-corrected chi connectivity index (χ0v) is 12.0. The SMILES string of the molecule is COc1ccccc1N1C(=O)[C@@H]2[C@@H]3C[C@@H]([C@@H](O)[C@H]3O)[C@H]2C1=O. The van der Waals surface area contributed by atoms with Crippen molar-refractivity contribution in [3.05, 3.63) is 24.3 Å². The number of para-hydroxylation sites is 2. The van der Waals surface area contributed by atoms with Gasteiger partial charge in [-0.2, -0.15) is 0 Å². The Bertz CT molecular complexity index is 628. The van der Waals surface area contributed by atoms with Crippen LogP contribution in [0.4, 0.5) is 5.69 Å². The van der Waals surface area contributed by atoms with Crippen LogP contribution in [0.5, 0.6) is 5.75 Å². The third-order valence-corrected chi connectivity index (χ3v) is 5.42. The molecule has 6 nitrogen and oxygen atoms in total. The molecule has 1 aromatic rings. The van der Waals surface area contributed by atoms with Crippen LogP contribution in [0.25, 0.3) is 0 Å². The third-order valence-electron chi connectivity index (χ3n) is 5.42. The van der Waals surface area contributed by atoms with Crippen molar-refractivity contribution in [2.75, 3.05) is 12.0 Å². The Labute approximate surface area is 127 Å². The van der Waals surface area contributed by atoms with Gasteiger partial charge in [-0.15, -0.1) is 0 Å². The van der Waals surface area contributed by atoms with Gasteiger partial charge in [-0.25, -0.2) is 4.90 Å². The van der Waals surface area contributed by atoms with E-state index in [0.29, 0.717) is 17.9 Å². The molecule has 1 aromatic carbocycles. The van der Waals surface area contributed by atoms with Crippen LogP contribution in [0, 0.1) is 23.7 Å². The lowest BCUT2D eigenvalue weighted by Gasteiger charge is -2.29. The number of imide groups is 1. The molecule has 2 saturated carbocycles. The topological polar surface area (TPSA) is 87.1 Å². The van der Waals surface area contributed by atoms with E-state index in [4.69, 9.17) is 4.74 Å². The van der Waals surface area contributed by atoms with Gasteiger partial charge >= 0.3 is 0 Å². The number of nitrogens with zero attached hydrogens (tertiary/aromatic N) is 1. The first-order valence-electron chi connectivity index (χ1n) is 7.43. The molecule has 116 valence electrons. The first kappa shape index (κ1) is 13.7. The number of hydrogen-bond acceptors (Lipinski definition) is 5. The van der Waals surface area contributed by atoms with E-state index in [1.54, 1.807) is 24.3 Å². The van der Waals surface area contributed by atoms with E-state index in [0.717, 1.165) is 4.90 Å². The molecule has 0 spiro atoms. The second-order valence-electron chi connectivity index (χ2n) is 6.28. The predicted molar refractivity (Wildman–Crippen MR) is 76.1 cm³/mol. The summed E-state index contributed by atoms with van der Waals surface area (Å²) in [6.45, 7) is 0. The van der Waals surface area contributed by atoms with Gasteiger partial charge in [0.05, 0.1) is 36.8 Å². The van der Waals surface area contributed by atoms with Crippen LogP contribution in [-0.2, 0) is 9.59 Å². The number of amides is 2. The molecule has 6 atom stereocenters. The van der Waals surface area contributed by atoms with E-state index in [2.05, 4.69) is 0 Å². The lowest BCUT2D eigenvalue weighted by molar-refractivity contribution is -0.129. The summed E-state index contributed by atoms with van der Waals surface area (Å²) >= 11 is 0. The van der Waals surface area contributed by atoms with Crippen molar-refractivity contribution in [2.45, 2.75) is 18.6 Å². The maximum Gasteiger partial charge on any atom is 0.238 e. The molecular weight excluding hydrogens is 286 g/mol. The van der Waals surface area contributed by atoms with Crippen molar-refractivity contribution >= 4 is 17.5 Å². The van der Waals surface area contributed by atoms with Crippen LogP contribution in [0.15, 0.2) is 24.3 Å². The fraction of sp³-hybridized carbons (Fsp3) is 0.500. The molecule has 6 heteroatoms. The van der Waals surface area contributed by atoms with Crippen LogP contribution < -0.4 is 9.64 Å². The van der Waals surface area contributed by atoms with Gasteiger partial charge in [0.25, 0.3) is 0 Å². The smallest absolute Gasteiger partial charge is 0.238 e. The molecule has 1 aliphatic heterocycles. The Hall–Kier alpha value is -1.92. The fourth-order valence-corrected chi connectivity index (χ4v) is 4.48. The van der Waals surface area contributed by atoms with Crippen molar-refractivity contribution in [3.63, 3.8) is 0 Å². The summed E-state index contributed by atoms with van der Waals surface area (Å²) in [6, 6.07) is 6.88. The minimum atomic E-state index is -0.916. The number of fused-ring (bicyclic) bond motifs is 5. The monoisotopic (exact) mass is 303 g/mol. The van der Waals surface area contributed by atoms with E-state index in [9.17, 15) is 19.8 Å². The van der Waals surface area contributed by atoms with E-state index in [-0.39, 0.29) is 23.7 Å². The number of ether oxygens (including phenoxy) is 1. The molecule has 2 amide bonds. The first-order chi connectivity index (χ1) is 10.6. The van der Waals surface area contributed by atoms with E-state index in [1.807, 2.05) is 0 Å². The van der Waals surface area contributed by atoms with Crippen LogP contribution >= 0.6 is 0 Å². The Balaban J connectivity index is 1.76. The van der Waals surface area contributed by atoms with Gasteiger partial charge < -0.3 is 14.9 Å². The average molecular weight is 303 g/mol. The third kappa shape index (κ3) is 1.51. The fourth-order valence-electron chi connectivity index (χ4n) is 4.48. The van der Waals surface area contributed by atoms with Gasteiger partial charge in [0.15, 0.2) is 0 Å². The van der Waals surface area contributed by atoms with Crippen molar-refractivity contribution < 1.29 is 24.5 Å². The summed E-state index contributed by atoms with van der Waals surface area (Å²) < 4.78 is 5.24. The Morgan fingerprint density at radius 2 is 1.59 bits per heavy atom. The number of hydrogen-bond donors (Lipinski definition) is 2. The van der Waals surface area contributed by atoms with Gasteiger partial charge in [0.2, 0.25) is 11.8 Å². The predicted octanol–water partition coefficient (Wildman–Crippen LogP) is 0.172. The summed E-state index contributed by atoms with van der Waals surface area (Å²) in [5, 5.41) is 20.1. The molecule has 2 aliphatic carbocycles. The van der Waals surface area contributed by atoms with Gasteiger partial charge in [-0.1, -0.05) is 12.1 Å². The minimum absolute atomic E-state index is 0.294. The van der Waals surface area contributed by atoms with Crippen molar-refractivity contribution in [1.82, 2.24) is 0 Å². The molecule has 1 heterocycles. The number of carbonyl (C=O) groups is 2. The van der Waals surface area contributed by atoms with E-state index >= 15 is 0 Å². The molecule has 4 rings (SSSR count). The van der Waals surface area contributed by atoms with Crippen LogP contribution in [0.2, 0.25) is 0 Å². The maximum absolute atomic E-state index is 12.8. The normalized spacial score (nSPS) is 39.5. The van der Waals surface area contributed by atoms with E-state index < -0.39 is 24.0 Å². The van der Waals surface area contributed by atoms with Gasteiger partial charge in [0, 0.05) is 11.8 Å². The Kier molecular flexibility index (Phi) is 2.83. The Morgan fingerprint density at radius 1 is 1.05 bits per heavy atom. The lowest BCUT2D eigenvalue weighted by atomic mass is 9.78. The summed E-state index contributed by atoms with van der Waals surface area (Å²) in [5.74, 6) is -1.85. The average Bonchev–Trinajstić information content (AvgIpc) is 3.12. The zero-order chi connectivity index (χ0) is 15.6. The van der Waals surface area contributed by atoms with Crippen molar-refractivity contribution in [2.24, 2.45) is 23.7 Å². The molecule has 3 aliphatic rings. The highest BCUT2D eigenvalue weighted by Gasteiger charge is 2.67. The summed E-state index contributed by atoms with van der Waals surface area (Å²) in [7, 11) is 1.49. The largest absolute Gasteiger partial charge is 0.495 e. The minimum Gasteiger partial charge on any atom is -0.495 e. The summed E-state index contributed by atoms with van der Waals surface area (Å²) in [4.78, 5) is 26.7. The first-order valence-corrected chi connectivity index (χ1v) is 7.43. The summed E-state index contributed by atoms with van der Waals surface area (Å²) in [5.41, 5.74) is 0.428. The molecule has 0 radical (unpaired) electrons. The maximum atomic E-state index is 12.8. The molecule has 3 fully saturated rings. The van der Waals surface area contributed by atoms with Gasteiger partial charge in [-0.05, 0) is 18.6 Å². The number of aliphatic hydroxyl groups excluding tert-OH is 2.